The molecular weight excluding hydrogens is 298 g/mol. The van der Waals surface area contributed by atoms with Crippen molar-refractivity contribution in [2.24, 2.45) is 17.8 Å². The van der Waals surface area contributed by atoms with Gasteiger partial charge in [0.05, 0.1) is 11.0 Å². The molecule has 1 aliphatic heterocycles. The number of hydrogen-bond donors (Lipinski definition) is 1. The smallest absolute Gasteiger partial charge is 0.226 e. The molecule has 0 bridgehead atoms. The number of nitrogens with one attached hydrogen (secondary N) is 1. The van der Waals surface area contributed by atoms with E-state index in [0.29, 0.717) is 29.6 Å². The van der Waals surface area contributed by atoms with Gasteiger partial charge in [-0.2, -0.15) is 0 Å². The summed E-state index contributed by atoms with van der Waals surface area (Å²) < 4.78 is 0. The predicted molar refractivity (Wildman–Crippen MR) is 93.6 cm³/mol. The van der Waals surface area contributed by atoms with E-state index < -0.39 is 0 Å². The second kappa shape index (κ2) is 5.61. The Hall–Kier alpha value is -1.84. The number of likely N-dealkylation sites (tertiary alicyclic amines) is 1. The molecule has 4 heteroatoms. The summed E-state index contributed by atoms with van der Waals surface area (Å²) >= 11 is 0. The number of imidazole rings is 1. The van der Waals surface area contributed by atoms with Gasteiger partial charge in [-0.1, -0.05) is 25.0 Å². The van der Waals surface area contributed by atoms with Crippen molar-refractivity contribution in [2.75, 3.05) is 13.1 Å². The molecule has 2 aromatic rings. The van der Waals surface area contributed by atoms with E-state index in [1.807, 2.05) is 12.1 Å². The molecule has 1 N–H and O–H groups in total. The highest BCUT2D eigenvalue weighted by atomic mass is 16.2. The highest BCUT2D eigenvalue weighted by Gasteiger charge is 2.56. The normalized spacial score (nSPS) is 32.6. The van der Waals surface area contributed by atoms with Crippen molar-refractivity contribution in [3.05, 3.63) is 30.1 Å². The Bertz CT molecular complexity index is 722. The number of rotatable bonds is 2. The van der Waals surface area contributed by atoms with Gasteiger partial charge >= 0.3 is 0 Å². The molecule has 4 nitrogen and oxygen atoms in total. The lowest BCUT2D eigenvalue weighted by Crippen LogP contribution is -2.40. The number of H-pyrrole nitrogens is 1. The van der Waals surface area contributed by atoms with Crippen LogP contribution in [0.15, 0.2) is 24.3 Å². The Kier molecular flexibility index (Phi) is 3.39. The molecule has 24 heavy (non-hydrogen) atoms. The zero-order valence-electron chi connectivity index (χ0n) is 14.1. The molecular formula is C20H25N3O. The number of amides is 1. The van der Waals surface area contributed by atoms with E-state index in [1.165, 1.54) is 25.7 Å². The zero-order valence-corrected chi connectivity index (χ0v) is 14.1. The maximum Gasteiger partial charge on any atom is 0.226 e. The van der Waals surface area contributed by atoms with E-state index >= 15 is 0 Å². The number of aromatic nitrogens is 2. The molecule has 4 atom stereocenters. The van der Waals surface area contributed by atoms with Gasteiger partial charge in [-0.25, -0.2) is 4.98 Å². The average Bonchev–Trinajstić information content (AvgIpc) is 3.20. The van der Waals surface area contributed by atoms with Crippen molar-refractivity contribution >= 4 is 16.9 Å². The Morgan fingerprint density at radius 2 is 1.88 bits per heavy atom. The van der Waals surface area contributed by atoms with Crippen LogP contribution >= 0.6 is 0 Å². The zero-order chi connectivity index (χ0) is 16.1. The molecule has 2 saturated carbocycles. The van der Waals surface area contributed by atoms with Crippen LogP contribution in [0.4, 0.5) is 0 Å². The summed E-state index contributed by atoms with van der Waals surface area (Å²) in [6, 6.07) is 8.19. The van der Waals surface area contributed by atoms with Crippen LogP contribution in [0.2, 0.25) is 0 Å². The van der Waals surface area contributed by atoms with Crippen LogP contribution in [0.1, 0.15) is 50.3 Å². The molecule has 2 aliphatic carbocycles. The fourth-order valence-electron chi connectivity index (χ4n) is 5.14. The van der Waals surface area contributed by atoms with Gasteiger partial charge in [-0.3, -0.25) is 4.79 Å². The minimum absolute atomic E-state index is 0.349. The van der Waals surface area contributed by atoms with Gasteiger partial charge in [0.25, 0.3) is 0 Å². The summed E-state index contributed by atoms with van der Waals surface area (Å²) in [5, 5.41) is 0. The molecule has 0 spiro atoms. The number of nitrogens with zero attached hydrogens (tertiary/aromatic N) is 2. The molecule has 1 amide bonds. The molecule has 3 fully saturated rings. The summed E-state index contributed by atoms with van der Waals surface area (Å²) in [6.45, 7) is 1.78. The van der Waals surface area contributed by atoms with Crippen LogP contribution in [0, 0.1) is 17.8 Å². The Morgan fingerprint density at radius 1 is 1.08 bits per heavy atom. The van der Waals surface area contributed by atoms with Crippen molar-refractivity contribution in [3.8, 4) is 0 Å². The van der Waals surface area contributed by atoms with Crippen molar-refractivity contribution in [3.63, 3.8) is 0 Å². The number of hydrogen-bond acceptors (Lipinski definition) is 2. The van der Waals surface area contributed by atoms with Crippen LogP contribution in [-0.4, -0.2) is 33.9 Å². The quantitative estimate of drug-likeness (QED) is 0.916. The number of fused-ring (bicyclic) bond motifs is 2. The third kappa shape index (κ3) is 2.35. The van der Waals surface area contributed by atoms with E-state index in [0.717, 1.165) is 42.8 Å². The number of carbonyl (C=O) groups is 1. The highest BCUT2D eigenvalue weighted by Crippen LogP contribution is 2.56. The fraction of sp³-hybridized carbons (Fsp3) is 0.600. The second-order valence-electron chi connectivity index (χ2n) is 7.90. The van der Waals surface area contributed by atoms with Gasteiger partial charge in [0.1, 0.15) is 5.82 Å². The van der Waals surface area contributed by atoms with Gasteiger partial charge in [-0.15, -0.1) is 0 Å². The standard InChI is InChI=1S/C20H25N3O/c24-20(18-14-7-1-2-8-15(14)18)23-11-5-6-13(12-23)19-21-16-9-3-4-10-17(16)22-19/h3-4,9-10,13-15,18H,1-2,5-8,11-12H2,(H,21,22)/t13-,14-,15+,18?/m1/s1. The van der Waals surface area contributed by atoms with E-state index in [2.05, 4.69) is 22.0 Å². The Balaban J connectivity index is 1.32. The lowest BCUT2D eigenvalue weighted by molar-refractivity contribution is -0.134. The topological polar surface area (TPSA) is 49.0 Å². The Labute approximate surface area is 142 Å². The van der Waals surface area contributed by atoms with Crippen LogP contribution in [0.5, 0.6) is 0 Å². The van der Waals surface area contributed by atoms with E-state index in [1.54, 1.807) is 0 Å². The molecule has 2 heterocycles. The predicted octanol–water partition coefficient (Wildman–Crippen LogP) is 3.71. The van der Waals surface area contributed by atoms with Gasteiger partial charge in [0.2, 0.25) is 5.91 Å². The van der Waals surface area contributed by atoms with Crippen molar-refractivity contribution in [1.82, 2.24) is 14.9 Å². The van der Waals surface area contributed by atoms with Gasteiger partial charge < -0.3 is 9.88 Å². The molecule has 1 saturated heterocycles. The first-order valence-electron chi connectivity index (χ1n) is 9.55. The van der Waals surface area contributed by atoms with Crippen molar-refractivity contribution in [1.29, 1.82) is 0 Å². The summed E-state index contributed by atoms with van der Waals surface area (Å²) in [7, 11) is 0. The summed E-state index contributed by atoms with van der Waals surface area (Å²) in [4.78, 5) is 23.4. The molecule has 0 radical (unpaired) electrons. The average molecular weight is 323 g/mol. The number of piperidine rings is 1. The maximum absolute atomic E-state index is 13.0. The van der Waals surface area contributed by atoms with Crippen LogP contribution in [-0.2, 0) is 4.79 Å². The van der Waals surface area contributed by atoms with E-state index in [-0.39, 0.29) is 0 Å². The van der Waals surface area contributed by atoms with Gasteiger partial charge in [-0.05, 0) is 49.7 Å². The first-order valence-corrected chi connectivity index (χ1v) is 9.55. The third-order valence-electron chi connectivity index (χ3n) is 6.47. The molecule has 3 aliphatic rings. The first-order chi connectivity index (χ1) is 11.8. The number of carbonyl (C=O) groups excluding carboxylic acids is 1. The van der Waals surface area contributed by atoms with E-state index in [9.17, 15) is 4.79 Å². The van der Waals surface area contributed by atoms with Gasteiger partial charge in [0.15, 0.2) is 0 Å². The maximum atomic E-state index is 13.0. The molecule has 5 rings (SSSR count). The fourth-order valence-corrected chi connectivity index (χ4v) is 5.14. The monoisotopic (exact) mass is 323 g/mol. The molecule has 126 valence electrons. The minimum Gasteiger partial charge on any atom is -0.342 e. The minimum atomic E-state index is 0.349. The summed E-state index contributed by atoms with van der Waals surface area (Å²) in [5.41, 5.74) is 2.13. The molecule has 1 aromatic heterocycles. The lowest BCUT2D eigenvalue weighted by Gasteiger charge is -2.32. The number of benzene rings is 1. The summed E-state index contributed by atoms with van der Waals surface area (Å²) in [6.07, 6.45) is 7.43. The largest absolute Gasteiger partial charge is 0.342 e. The van der Waals surface area contributed by atoms with Crippen LogP contribution in [0.25, 0.3) is 11.0 Å². The first kappa shape index (κ1) is 14.5. The number of para-hydroxylation sites is 2. The van der Waals surface area contributed by atoms with Crippen molar-refractivity contribution < 1.29 is 4.79 Å². The van der Waals surface area contributed by atoms with E-state index in [4.69, 9.17) is 4.98 Å². The highest BCUT2D eigenvalue weighted by molar-refractivity contribution is 5.82. The van der Waals surface area contributed by atoms with Gasteiger partial charge in [0, 0.05) is 24.9 Å². The van der Waals surface area contributed by atoms with Crippen LogP contribution in [0.3, 0.4) is 0 Å². The number of aromatic amines is 1. The van der Waals surface area contributed by atoms with Crippen LogP contribution < -0.4 is 0 Å². The SMILES string of the molecule is O=C(C1[C@H]2CCCC[C@@H]12)N1CCC[C@@H](c2nc3ccccc3[nH]2)C1. The third-order valence-corrected chi connectivity index (χ3v) is 6.47. The Morgan fingerprint density at radius 3 is 2.67 bits per heavy atom. The molecule has 1 aromatic carbocycles. The van der Waals surface area contributed by atoms with Crippen molar-refractivity contribution in [2.45, 2.75) is 44.4 Å². The summed E-state index contributed by atoms with van der Waals surface area (Å²) in [5.74, 6) is 3.61. The molecule has 1 unspecified atom stereocenters. The second-order valence-corrected chi connectivity index (χ2v) is 7.90. The lowest BCUT2D eigenvalue weighted by atomic mass is 9.97.